The van der Waals surface area contributed by atoms with Crippen molar-refractivity contribution in [2.24, 2.45) is 5.92 Å². The molecule has 0 spiro atoms. The smallest absolute Gasteiger partial charge is 0.142 e. The van der Waals surface area contributed by atoms with Gasteiger partial charge in [0.25, 0.3) is 0 Å². The molecule has 90 valence electrons. The van der Waals surface area contributed by atoms with Crippen molar-refractivity contribution in [3.8, 4) is 0 Å². The molecule has 0 saturated heterocycles. The minimum absolute atomic E-state index is 0.153. The molecular weight excluding hydrogens is 225 g/mol. The Morgan fingerprint density at radius 3 is 2.62 bits per heavy atom. The Hall–Kier alpha value is -0.600. The van der Waals surface area contributed by atoms with E-state index < -0.39 is 0 Å². The Kier molecular flexibility index (Phi) is 5.23. The molecule has 16 heavy (non-hydrogen) atoms. The molecule has 0 radical (unpaired) electrons. The lowest BCUT2D eigenvalue weighted by molar-refractivity contribution is 0.460. The molecule has 2 atom stereocenters. The van der Waals surface area contributed by atoms with Crippen LogP contribution in [0.15, 0.2) is 18.2 Å². The second kappa shape index (κ2) is 6.21. The Morgan fingerprint density at radius 1 is 1.38 bits per heavy atom. The first kappa shape index (κ1) is 13.5. The maximum atomic E-state index is 13.2. The first-order chi connectivity index (χ1) is 7.54. The van der Waals surface area contributed by atoms with Gasteiger partial charge in [-0.1, -0.05) is 37.9 Å². The van der Waals surface area contributed by atoms with Crippen LogP contribution in [0.5, 0.6) is 0 Å². The normalized spacial score (nSPS) is 14.8. The molecule has 0 aliphatic carbocycles. The fraction of sp³-hybridized carbons (Fsp3) is 0.538. The van der Waals surface area contributed by atoms with Crippen LogP contribution < -0.4 is 5.32 Å². The van der Waals surface area contributed by atoms with Crippen LogP contribution in [0.1, 0.15) is 38.8 Å². The largest absolute Gasteiger partial charge is 0.310 e. The van der Waals surface area contributed by atoms with E-state index in [0.29, 0.717) is 5.92 Å². The minimum Gasteiger partial charge on any atom is -0.310 e. The number of benzene rings is 1. The highest BCUT2D eigenvalue weighted by Gasteiger charge is 2.08. The summed E-state index contributed by atoms with van der Waals surface area (Å²) in [6.07, 6.45) is 1.15. The molecule has 0 aromatic heterocycles. The van der Waals surface area contributed by atoms with Gasteiger partial charge in [-0.25, -0.2) is 4.39 Å². The average molecular weight is 244 g/mol. The zero-order chi connectivity index (χ0) is 12.1. The molecule has 2 unspecified atom stereocenters. The second-order valence-electron chi connectivity index (χ2n) is 4.32. The fourth-order valence-corrected chi connectivity index (χ4v) is 1.54. The molecule has 0 aliphatic rings. The van der Waals surface area contributed by atoms with Crippen LogP contribution >= 0.6 is 11.6 Å². The van der Waals surface area contributed by atoms with Crippen molar-refractivity contribution in [3.63, 3.8) is 0 Å². The van der Waals surface area contributed by atoms with Crippen LogP contribution in [-0.2, 0) is 0 Å². The molecule has 1 aromatic carbocycles. The third kappa shape index (κ3) is 3.76. The van der Waals surface area contributed by atoms with E-state index in [-0.39, 0.29) is 16.9 Å². The van der Waals surface area contributed by atoms with Crippen LogP contribution in [0.25, 0.3) is 0 Å². The van der Waals surface area contributed by atoms with E-state index in [4.69, 9.17) is 11.6 Å². The highest BCUT2D eigenvalue weighted by Crippen LogP contribution is 2.20. The summed E-state index contributed by atoms with van der Waals surface area (Å²) in [5, 5.41) is 3.57. The quantitative estimate of drug-likeness (QED) is 0.818. The van der Waals surface area contributed by atoms with E-state index in [9.17, 15) is 4.39 Å². The molecule has 3 heteroatoms. The van der Waals surface area contributed by atoms with Crippen molar-refractivity contribution in [2.45, 2.75) is 33.2 Å². The Balaban J connectivity index is 2.59. The summed E-state index contributed by atoms with van der Waals surface area (Å²) in [7, 11) is 0. The molecule has 1 N–H and O–H groups in total. The second-order valence-corrected chi connectivity index (χ2v) is 4.72. The van der Waals surface area contributed by atoms with Crippen molar-refractivity contribution in [3.05, 3.63) is 34.6 Å². The molecule has 1 rings (SSSR count). The fourth-order valence-electron chi connectivity index (χ4n) is 1.42. The molecule has 1 aromatic rings. The summed E-state index contributed by atoms with van der Waals surface area (Å²) >= 11 is 5.64. The predicted octanol–water partition coefficient (Wildman–Crippen LogP) is 4.18. The number of hydrogen-bond donors (Lipinski definition) is 1. The van der Waals surface area contributed by atoms with Gasteiger partial charge in [0, 0.05) is 6.04 Å². The highest BCUT2D eigenvalue weighted by atomic mass is 35.5. The predicted molar refractivity (Wildman–Crippen MR) is 67.3 cm³/mol. The van der Waals surface area contributed by atoms with Crippen LogP contribution in [0.3, 0.4) is 0 Å². The van der Waals surface area contributed by atoms with Gasteiger partial charge in [0.05, 0.1) is 5.02 Å². The van der Waals surface area contributed by atoms with Crippen LogP contribution in [0.4, 0.5) is 4.39 Å². The van der Waals surface area contributed by atoms with Crippen molar-refractivity contribution in [1.82, 2.24) is 5.32 Å². The van der Waals surface area contributed by atoms with E-state index in [1.165, 1.54) is 6.07 Å². The van der Waals surface area contributed by atoms with Gasteiger partial charge in [0.15, 0.2) is 0 Å². The third-order valence-electron chi connectivity index (χ3n) is 2.91. The van der Waals surface area contributed by atoms with Gasteiger partial charge < -0.3 is 5.32 Å². The lowest BCUT2D eigenvalue weighted by Crippen LogP contribution is -2.24. The Labute approximate surface area is 102 Å². The minimum atomic E-state index is -0.351. The van der Waals surface area contributed by atoms with E-state index in [1.807, 2.05) is 13.0 Å². The molecule has 0 fully saturated rings. The van der Waals surface area contributed by atoms with Crippen LogP contribution in [0.2, 0.25) is 5.02 Å². The van der Waals surface area contributed by atoms with E-state index in [0.717, 1.165) is 18.5 Å². The maximum absolute atomic E-state index is 13.2. The highest BCUT2D eigenvalue weighted by molar-refractivity contribution is 6.30. The summed E-state index contributed by atoms with van der Waals surface area (Å²) < 4.78 is 13.2. The standard InChI is InChI=1S/C13H19ClFN/c1-4-9(2)8-16-10(3)11-5-6-12(14)13(15)7-11/h5-7,9-10,16H,4,8H2,1-3H3. The SMILES string of the molecule is CCC(C)CNC(C)c1ccc(Cl)c(F)c1. The zero-order valence-electron chi connectivity index (χ0n) is 10.1. The summed E-state index contributed by atoms with van der Waals surface area (Å²) in [5.74, 6) is 0.288. The Bertz CT molecular complexity index is 341. The van der Waals surface area contributed by atoms with Crippen molar-refractivity contribution in [2.75, 3.05) is 6.54 Å². The lowest BCUT2D eigenvalue weighted by atomic mass is 10.1. The molecule has 0 amide bonds. The lowest BCUT2D eigenvalue weighted by Gasteiger charge is -2.17. The Morgan fingerprint density at radius 2 is 2.06 bits per heavy atom. The average Bonchev–Trinajstić information content (AvgIpc) is 2.29. The first-order valence-corrected chi connectivity index (χ1v) is 6.10. The molecule has 0 bridgehead atoms. The van der Waals surface area contributed by atoms with Crippen molar-refractivity contribution >= 4 is 11.6 Å². The summed E-state index contributed by atoms with van der Waals surface area (Å²) in [5.41, 5.74) is 0.935. The monoisotopic (exact) mass is 243 g/mol. The van der Waals surface area contributed by atoms with Gasteiger partial charge in [-0.05, 0) is 37.1 Å². The summed E-state index contributed by atoms with van der Waals surface area (Å²) in [4.78, 5) is 0. The zero-order valence-corrected chi connectivity index (χ0v) is 10.8. The van der Waals surface area contributed by atoms with Crippen molar-refractivity contribution in [1.29, 1.82) is 0 Å². The number of nitrogens with one attached hydrogen (secondary N) is 1. The summed E-state index contributed by atoms with van der Waals surface area (Å²) in [6.45, 7) is 7.34. The van der Waals surface area contributed by atoms with Gasteiger partial charge >= 0.3 is 0 Å². The van der Waals surface area contributed by atoms with E-state index >= 15 is 0 Å². The number of halogens is 2. The van der Waals surface area contributed by atoms with Gasteiger partial charge in [0.2, 0.25) is 0 Å². The molecule has 0 aliphatic heterocycles. The van der Waals surface area contributed by atoms with Gasteiger partial charge in [-0.2, -0.15) is 0 Å². The summed E-state index contributed by atoms with van der Waals surface area (Å²) in [6, 6.07) is 5.12. The molecule has 1 nitrogen and oxygen atoms in total. The maximum Gasteiger partial charge on any atom is 0.142 e. The van der Waals surface area contributed by atoms with Crippen LogP contribution in [0, 0.1) is 11.7 Å². The van der Waals surface area contributed by atoms with Gasteiger partial charge in [-0.15, -0.1) is 0 Å². The third-order valence-corrected chi connectivity index (χ3v) is 3.22. The van der Waals surface area contributed by atoms with E-state index in [1.54, 1.807) is 6.07 Å². The van der Waals surface area contributed by atoms with Crippen molar-refractivity contribution < 1.29 is 4.39 Å². The van der Waals surface area contributed by atoms with E-state index in [2.05, 4.69) is 19.2 Å². The number of rotatable bonds is 5. The van der Waals surface area contributed by atoms with Gasteiger partial charge in [0.1, 0.15) is 5.82 Å². The topological polar surface area (TPSA) is 12.0 Å². The molecule has 0 heterocycles. The molecular formula is C13H19ClFN. The molecule has 0 saturated carbocycles. The van der Waals surface area contributed by atoms with Gasteiger partial charge in [-0.3, -0.25) is 0 Å². The first-order valence-electron chi connectivity index (χ1n) is 5.73. The van der Waals surface area contributed by atoms with Crippen LogP contribution in [-0.4, -0.2) is 6.54 Å². The number of hydrogen-bond acceptors (Lipinski definition) is 1.